The number of nitrogens with one attached hydrogen (secondary N) is 3. The van der Waals surface area contributed by atoms with E-state index in [9.17, 15) is 22.8 Å². The van der Waals surface area contributed by atoms with Gasteiger partial charge in [-0.15, -0.1) is 0 Å². The highest BCUT2D eigenvalue weighted by molar-refractivity contribution is 8.13. The van der Waals surface area contributed by atoms with Crippen LogP contribution in [0.25, 0.3) is 0 Å². The number of rotatable bonds is 7. The van der Waals surface area contributed by atoms with E-state index in [-0.39, 0.29) is 10.6 Å². The number of thioether (sulfide) groups is 1. The molecule has 0 bridgehead atoms. The number of anilines is 1. The van der Waals surface area contributed by atoms with Crippen molar-refractivity contribution in [1.82, 2.24) is 10.7 Å². The van der Waals surface area contributed by atoms with Crippen LogP contribution in [0, 0.1) is 0 Å². The molecule has 0 atom stereocenters. The van der Waals surface area contributed by atoms with Crippen molar-refractivity contribution < 1.29 is 22.8 Å². The first-order chi connectivity index (χ1) is 13.3. The van der Waals surface area contributed by atoms with Gasteiger partial charge in [-0.3, -0.25) is 20.4 Å². The Balaban J connectivity index is 2.09. The van der Waals surface area contributed by atoms with Gasteiger partial charge in [0.15, 0.2) is 0 Å². The van der Waals surface area contributed by atoms with Gasteiger partial charge in [0.25, 0.3) is 11.1 Å². The fourth-order valence-corrected chi connectivity index (χ4v) is 2.93. The summed E-state index contributed by atoms with van der Waals surface area (Å²) >= 11 is 0.689. The highest BCUT2D eigenvalue weighted by atomic mass is 32.2. The van der Waals surface area contributed by atoms with Crippen LogP contribution in [0.15, 0.2) is 53.4 Å². The van der Waals surface area contributed by atoms with E-state index in [1.807, 2.05) is 6.92 Å². The van der Waals surface area contributed by atoms with Crippen LogP contribution >= 0.6 is 11.8 Å². The first-order valence-electron chi connectivity index (χ1n) is 8.59. The van der Waals surface area contributed by atoms with E-state index in [1.54, 1.807) is 30.3 Å². The molecule has 2 amide bonds. The highest BCUT2D eigenvalue weighted by Gasteiger charge is 2.34. The van der Waals surface area contributed by atoms with E-state index in [4.69, 9.17) is 0 Å². The predicted molar refractivity (Wildman–Crippen MR) is 103 cm³/mol. The maximum absolute atomic E-state index is 13.4. The summed E-state index contributed by atoms with van der Waals surface area (Å²) in [6.45, 7) is 2.44. The molecule has 0 spiro atoms. The molecule has 0 aromatic heterocycles. The van der Waals surface area contributed by atoms with E-state index in [0.29, 0.717) is 23.9 Å². The molecule has 0 saturated carbocycles. The van der Waals surface area contributed by atoms with Gasteiger partial charge in [0.05, 0.1) is 11.3 Å². The van der Waals surface area contributed by atoms with Crippen molar-refractivity contribution in [2.24, 2.45) is 0 Å². The highest BCUT2D eigenvalue weighted by Crippen LogP contribution is 2.37. The van der Waals surface area contributed by atoms with Gasteiger partial charge in [-0.05, 0) is 48.5 Å². The molecule has 0 heterocycles. The number of amides is 2. The normalized spacial score (nSPS) is 11.0. The zero-order chi connectivity index (χ0) is 20.6. The van der Waals surface area contributed by atoms with Gasteiger partial charge in [-0.25, -0.2) is 0 Å². The van der Waals surface area contributed by atoms with Gasteiger partial charge in [0.1, 0.15) is 0 Å². The number of hydrazine groups is 1. The standard InChI is InChI=1S/C19H20F3N3O2S/c1-2-3-11-23-18(27)28-14-9-10-16(15(12-14)19(20,21)22)24-25-17(26)13-7-5-4-6-8-13/h4-10,12,24H,2-3,11H2,1H3,(H,23,27)(H,25,26). The van der Waals surface area contributed by atoms with Crippen LogP contribution < -0.4 is 16.2 Å². The quantitative estimate of drug-likeness (QED) is 0.338. The van der Waals surface area contributed by atoms with Crippen LogP contribution in [-0.2, 0) is 6.18 Å². The second-order valence-corrected chi connectivity index (χ2v) is 6.87. The van der Waals surface area contributed by atoms with Crippen molar-refractivity contribution >= 4 is 28.6 Å². The topological polar surface area (TPSA) is 70.2 Å². The van der Waals surface area contributed by atoms with Gasteiger partial charge < -0.3 is 5.32 Å². The average Bonchev–Trinajstić information content (AvgIpc) is 2.67. The molecule has 150 valence electrons. The Hall–Kier alpha value is -2.68. The summed E-state index contributed by atoms with van der Waals surface area (Å²) in [7, 11) is 0. The van der Waals surface area contributed by atoms with Gasteiger partial charge in [0.2, 0.25) is 0 Å². The first-order valence-corrected chi connectivity index (χ1v) is 9.41. The Morgan fingerprint density at radius 3 is 2.43 bits per heavy atom. The molecule has 28 heavy (non-hydrogen) atoms. The maximum atomic E-state index is 13.4. The fraction of sp³-hybridized carbons (Fsp3) is 0.263. The van der Waals surface area contributed by atoms with Crippen LogP contribution in [0.5, 0.6) is 0 Å². The minimum Gasteiger partial charge on any atom is -0.347 e. The zero-order valence-electron chi connectivity index (χ0n) is 15.1. The monoisotopic (exact) mass is 411 g/mol. The third-order valence-corrected chi connectivity index (χ3v) is 4.47. The number of carbonyl (C=O) groups is 2. The maximum Gasteiger partial charge on any atom is 0.418 e. The summed E-state index contributed by atoms with van der Waals surface area (Å²) in [5, 5.41) is 2.22. The van der Waals surface area contributed by atoms with E-state index >= 15 is 0 Å². The molecular formula is C19H20F3N3O2S. The second-order valence-electron chi connectivity index (χ2n) is 5.82. The molecule has 0 aliphatic carbocycles. The SMILES string of the molecule is CCCCNC(=O)Sc1ccc(NNC(=O)c2ccccc2)c(C(F)(F)F)c1. The molecule has 0 unspecified atom stereocenters. The molecule has 0 fully saturated rings. The smallest absolute Gasteiger partial charge is 0.347 e. The summed E-state index contributed by atoms with van der Waals surface area (Å²) in [6, 6.07) is 11.5. The number of hydrogen-bond acceptors (Lipinski definition) is 4. The molecule has 9 heteroatoms. The first kappa shape index (κ1) is 21.6. The molecule has 5 nitrogen and oxygen atoms in total. The molecule has 0 radical (unpaired) electrons. The summed E-state index contributed by atoms with van der Waals surface area (Å²) in [4.78, 5) is 24.0. The summed E-state index contributed by atoms with van der Waals surface area (Å²) in [6.07, 6.45) is -2.96. The zero-order valence-corrected chi connectivity index (χ0v) is 15.9. The van der Waals surface area contributed by atoms with Crippen molar-refractivity contribution in [3.63, 3.8) is 0 Å². The Morgan fingerprint density at radius 1 is 1.07 bits per heavy atom. The van der Waals surface area contributed by atoms with Crippen LogP contribution in [0.1, 0.15) is 35.7 Å². The lowest BCUT2D eigenvalue weighted by Crippen LogP contribution is -2.30. The van der Waals surface area contributed by atoms with Gasteiger partial charge in [-0.1, -0.05) is 31.5 Å². The van der Waals surface area contributed by atoms with Crippen LogP contribution in [-0.4, -0.2) is 17.7 Å². The Bertz CT molecular complexity index is 814. The third kappa shape index (κ3) is 6.49. The molecular weight excluding hydrogens is 391 g/mol. The number of hydrogen-bond donors (Lipinski definition) is 3. The largest absolute Gasteiger partial charge is 0.418 e. The Morgan fingerprint density at radius 2 is 1.79 bits per heavy atom. The minimum atomic E-state index is -4.66. The van der Waals surface area contributed by atoms with Gasteiger partial charge in [-0.2, -0.15) is 13.2 Å². The van der Waals surface area contributed by atoms with Crippen molar-refractivity contribution in [3.8, 4) is 0 Å². The minimum absolute atomic E-state index is 0.154. The van der Waals surface area contributed by atoms with Crippen LogP contribution in [0.2, 0.25) is 0 Å². The number of unbranched alkanes of at least 4 members (excludes halogenated alkanes) is 1. The number of alkyl halides is 3. The molecule has 0 aliphatic heterocycles. The van der Waals surface area contributed by atoms with Crippen molar-refractivity contribution in [3.05, 3.63) is 59.7 Å². The molecule has 2 aromatic rings. The van der Waals surface area contributed by atoms with Gasteiger partial charge in [0, 0.05) is 17.0 Å². The summed E-state index contributed by atoms with van der Waals surface area (Å²) < 4.78 is 40.2. The number of halogens is 3. The van der Waals surface area contributed by atoms with Crippen molar-refractivity contribution in [1.29, 1.82) is 0 Å². The Kier molecular flexibility index (Phi) is 7.74. The van der Waals surface area contributed by atoms with E-state index < -0.39 is 22.9 Å². The molecule has 0 saturated heterocycles. The molecule has 3 N–H and O–H groups in total. The Labute approximate surface area is 165 Å². The lowest BCUT2D eigenvalue weighted by Gasteiger charge is -2.16. The average molecular weight is 411 g/mol. The molecule has 0 aliphatic rings. The van der Waals surface area contributed by atoms with Crippen LogP contribution in [0.3, 0.4) is 0 Å². The van der Waals surface area contributed by atoms with Crippen molar-refractivity contribution in [2.75, 3.05) is 12.0 Å². The van der Waals surface area contributed by atoms with Crippen molar-refractivity contribution in [2.45, 2.75) is 30.8 Å². The summed E-state index contributed by atoms with van der Waals surface area (Å²) in [5.74, 6) is -0.567. The lowest BCUT2D eigenvalue weighted by atomic mass is 10.1. The lowest BCUT2D eigenvalue weighted by molar-refractivity contribution is -0.137. The van der Waals surface area contributed by atoms with E-state index in [2.05, 4.69) is 16.2 Å². The second kappa shape index (κ2) is 10.0. The van der Waals surface area contributed by atoms with E-state index in [0.717, 1.165) is 18.9 Å². The number of carbonyl (C=O) groups excluding carboxylic acids is 2. The van der Waals surface area contributed by atoms with Crippen LogP contribution in [0.4, 0.5) is 23.7 Å². The molecule has 2 aromatic carbocycles. The van der Waals surface area contributed by atoms with Gasteiger partial charge >= 0.3 is 6.18 Å². The van der Waals surface area contributed by atoms with E-state index in [1.165, 1.54) is 12.1 Å². The third-order valence-electron chi connectivity index (χ3n) is 3.65. The predicted octanol–water partition coefficient (Wildman–Crippen LogP) is 5.06. The fourth-order valence-electron chi connectivity index (χ4n) is 2.23. The summed E-state index contributed by atoms with van der Waals surface area (Å²) in [5.41, 5.74) is 3.57. The molecule has 2 rings (SSSR count). The number of benzene rings is 2.